The van der Waals surface area contributed by atoms with Crippen molar-refractivity contribution in [1.29, 1.82) is 0 Å². The van der Waals surface area contributed by atoms with Gasteiger partial charge in [-0.25, -0.2) is 5.32 Å². The van der Waals surface area contributed by atoms with Crippen molar-refractivity contribution in [3.05, 3.63) is 35.9 Å². The molecule has 0 aliphatic carbocycles. The Hall–Kier alpha value is -0.820. The monoisotopic (exact) mass is 176 g/mol. The Morgan fingerprint density at radius 2 is 1.77 bits per heavy atom. The van der Waals surface area contributed by atoms with Gasteiger partial charge in [0.1, 0.15) is 0 Å². The molecule has 0 amide bonds. The molecular weight excluding hydrogens is 158 g/mol. The smallest absolute Gasteiger partial charge is 0.0130 e. The summed E-state index contributed by atoms with van der Waals surface area (Å²) < 4.78 is 0. The summed E-state index contributed by atoms with van der Waals surface area (Å²) in [5, 5.41) is 4.08. The van der Waals surface area contributed by atoms with Crippen molar-refractivity contribution in [1.82, 2.24) is 5.32 Å². The van der Waals surface area contributed by atoms with E-state index in [4.69, 9.17) is 0 Å². The van der Waals surface area contributed by atoms with Gasteiger partial charge in [0.15, 0.2) is 0 Å². The zero-order valence-corrected chi connectivity index (χ0v) is 8.37. The van der Waals surface area contributed by atoms with Crippen LogP contribution in [0.1, 0.15) is 24.8 Å². The molecule has 0 saturated heterocycles. The average Bonchev–Trinajstić information content (AvgIpc) is 2.19. The third-order valence-electron chi connectivity index (χ3n) is 2.19. The molecule has 0 N–H and O–H groups in total. The first-order chi connectivity index (χ1) is 6.43. The maximum Gasteiger partial charge on any atom is 0.0130 e. The molecule has 0 spiro atoms. The van der Waals surface area contributed by atoms with E-state index in [1.807, 2.05) is 7.05 Å². The minimum absolute atomic E-state index is 1.02. The lowest BCUT2D eigenvalue weighted by atomic mass is 10.1. The molecule has 1 aromatic rings. The van der Waals surface area contributed by atoms with E-state index in [9.17, 15) is 0 Å². The Morgan fingerprint density at radius 3 is 2.46 bits per heavy atom. The molecule has 0 aliphatic rings. The van der Waals surface area contributed by atoms with Gasteiger partial charge in [0, 0.05) is 13.6 Å². The van der Waals surface area contributed by atoms with Crippen molar-refractivity contribution in [2.24, 2.45) is 0 Å². The molecule has 0 fully saturated rings. The molecule has 71 valence electrons. The Morgan fingerprint density at radius 1 is 1.00 bits per heavy atom. The van der Waals surface area contributed by atoms with Gasteiger partial charge in [-0.1, -0.05) is 36.8 Å². The van der Waals surface area contributed by atoms with E-state index in [2.05, 4.69) is 35.6 Å². The zero-order chi connectivity index (χ0) is 9.36. The van der Waals surface area contributed by atoms with Gasteiger partial charge in [-0.05, 0) is 24.8 Å². The first kappa shape index (κ1) is 10.3. The molecule has 0 unspecified atom stereocenters. The number of hydrogen-bond acceptors (Lipinski definition) is 0. The van der Waals surface area contributed by atoms with Crippen molar-refractivity contribution < 1.29 is 0 Å². The Labute approximate surface area is 81.2 Å². The first-order valence-electron chi connectivity index (χ1n) is 5.03. The maximum absolute atomic E-state index is 4.08. The van der Waals surface area contributed by atoms with Crippen molar-refractivity contribution in [2.75, 3.05) is 13.6 Å². The molecule has 0 atom stereocenters. The van der Waals surface area contributed by atoms with Gasteiger partial charge >= 0.3 is 0 Å². The van der Waals surface area contributed by atoms with E-state index < -0.39 is 0 Å². The summed E-state index contributed by atoms with van der Waals surface area (Å²) in [5.74, 6) is 0. The van der Waals surface area contributed by atoms with Crippen molar-refractivity contribution in [3.8, 4) is 0 Å². The van der Waals surface area contributed by atoms with Crippen LogP contribution in [0.25, 0.3) is 0 Å². The summed E-state index contributed by atoms with van der Waals surface area (Å²) in [4.78, 5) is 0. The first-order valence-corrected chi connectivity index (χ1v) is 5.03. The second-order valence-electron chi connectivity index (χ2n) is 3.34. The topological polar surface area (TPSA) is 14.1 Å². The van der Waals surface area contributed by atoms with Crippen LogP contribution < -0.4 is 5.32 Å². The second-order valence-corrected chi connectivity index (χ2v) is 3.34. The van der Waals surface area contributed by atoms with Crippen LogP contribution in [0.15, 0.2) is 30.3 Å². The molecule has 0 saturated carbocycles. The van der Waals surface area contributed by atoms with Crippen LogP contribution in [-0.2, 0) is 6.42 Å². The van der Waals surface area contributed by atoms with Crippen LogP contribution in [0, 0.1) is 0 Å². The highest BCUT2D eigenvalue weighted by Gasteiger charge is 1.91. The molecule has 0 heterocycles. The van der Waals surface area contributed by atoms with Crippen LogP contribution >= 0.6 is 0 Å². The molecule has 1 nitrogen and oxygen atoms in total. The highest BCUT2D eigenvalue weighted by Crippen LogP contribution is 2.05. The SMILES string of the molecule is C[N]CCCCCc1ccccc1. The standard InChI is InChI=1S/C12H18N/c1-13-11-7-3-6-10-12-8-4-2-5-9-12/h2,4-5,8-9H,3,6-7,10-11H2,1H3. The van der Waals surface area contributed by atoms with Crippen molar-refractivity contribution in [3.63, 3.8) is 0 Å². The number of rotatable bonds is 6. The van der Waals surface area contributed by atoms with Gasteiger partial charge in [0.2, 0.25) is 0 Å². The molecule has 1 aromatic carbocycles. The highest BCUT2D eigenvalue weighted by molar-refractivity contribution is 5.14. The van der Waals surface area contributed by atoms with Gasteiger partial charge in [0.25, 0.3) is 0 Å². The maximum atomic E-state index is 4.08. The van der Waals surface area contributed by atoms with E-state index in [-0.39, 0.29) is 0 Å². The van der Waals surface area contributed by atoms with Crippen LogP contribution in [-0.4, -0.2) is 13.6 Å². The fourth-order valence-corrected chi connectivity index (χ4v) is 1.42. The normalized spacial score (nSPS) is 10.2. The molecule has 1 heteroatoms. The minimum Gasteiger partial charge on any atom is -0.245 e. The lowest BCUT2D eigenvalue weighted by Crippen LogP contribution is -1.98. The van der Waals surface area contributed by atoms with E-state index >= 15 is 0 Å². The quantitative estimate of drug-likeness (QED) is 0.592. The summed E-state index contributed by atoms with van der Waals surface area (Å²) in [5.41, 5.74) is 1.45. The number of aryl methyl sites for hydroxylation is 1. The predicted molar refractivity (Wildman–Crippen MR) is 56.9 cm³/mol. The highest BCUT2D eigenvalue weighted by atomic mass is 14.8. The number of hydrogen-bond donors (Lipinski definition) is 0. The summed E-state index contributed by atoms with van der Waals surface area (Å²) in [7, 11) is 1.89. The Bertz CT molecular complexity index is 206. The van der Waals surface area contributed by atoms with Crippen LogP contribution in [0.3, 0.4) is 0 Å². The largest absolute Gasteiger partial charge is 0.245 e. The molecule has 1 radical (unpaired) electrons. The Balaban J connectivity index is 2.07. The van der Waals surface area contributed by atoms with Crippen LogP contribution in [0.4, 0.5) is 0 Å². The molecule has 1 rings (SSSR count). The average molecular weight is 176 g/mol. The fourth-order valence-electron chi connectivity index (χ4n) is 1.42. The van der Waals surface area contributed by atoms with Gasteiger partial charge < -0.3 is 0 Å². The summed E-state index contributed by atoms with van der Waals surface area (Å²) in [6.07, 6.45) is 5.04. The van der Waals surface area contributed by atoms with E-state index in [0.29, 0.717) is 0 Å². The van der Waals surface area contributed by atoms with E-state index in [1.165, 1.54) is 31.2 Å². The predicted octanol–water partition coefficient (Wildman–Crippen LogP) is 2.63. The van der Waals surface area contributed by atoms with Gasteiger partial charge in [-0.15, -0.1) is 0 Å². The summed E-state index contributed by atoms with van der Waals surface area (Å²) in [6.45, 7) is 1.02. The lowest BCUT2D eigenvalue weighted by Gasteiger charge is -2.00. The van der Waals surface area contributed by atoms with Crippen molar-refractivity contribution in [2.45, 2.75) is 25.7 Å². The third-order valence-corrected chi connectivity index (χ3v) is 2.19. The zero-order valence-electron chi connectivity index (χ0n) is 8.37. The van der Waals surface area contributed by atoms with Gasteiger partial charge in [-0.3, -0.25) is 0 Å². The lowest BCUT2D eigenvalue weighted by molar-refractivity contribution is 0.637. The molecular formula is C12H18N. The summed E-state index contributed by atoms with van der Waals surface area (Å²) in [6, 6.07) is 10.7. The molecule has 13 heavy (non-hydrogen) atoms. The second kappa shape index (κ2) is 6.67. The van der Waals surface area contributed by atoms with Gasteiger partial charge in [0.05, 0.1) is 0 Å². The van der Waals surface area contributed by atoms with E-state index in [1.54, 1.807) is 0 Å². The van der Waals surface area contributed by atoms with Crippen LogP contribution in [0.2, 0.25) is 0 Å². The number of benzene rings is 1. The molecule has 0 aliphatic heterocycles. The third kappa shape index (κ3) is 4.69. The Kier molecular flexibility index (Phi) is 5.27. The van der Waals surface area contributed by atoms with Crippen molar-refractivity contribution >= 4 is 0 Å². The number of nitrogens with zero attached hydrogens (tertiary/aromatic N) is 1. The molecule has 0 aromatic heterocycles. The minimum atomic E-state index is 1.02. The van der Waals surface area contributed by atoms with E-state index in [0.717, 1.165) is 6.54 Å². The molecule has 0 bridgehead atoms. The fraction of sp³-hybridized carbons (Fsp3) is 0.500. The summed E-state index contributed by atoms with van der Waals surface area (Å²) >= 11 is 0. The number of unbranched alkanes of at least 4 members (excludes halogenated alkanes) is 2. The van der Waals surface area contributed by atoms with Crippen LogP contribution in [0.5, 0.6) is 0 Å². The van der Waals surface area contributed by atoms with Gasteiger partial charge in [-0.2, -0.15) is 0 Å².